The van der Waals surface area contributed by atoms with Crippen molar-refractivity contribution < 1.29 is 0 Å². The van der Waals surface area contributed by atoms with Gasteiger partial charge in [0.2, 0.25) is 0 Å². The van der Waals surface area contributed by atoms with Gasteiger partial charge in [0.05, 0.1) is 0 Å². The number of nitrogens with zero attached hydrogens (tertiary/aromatic N) is 1. The Hall–Kier alpha value is -1.80. The summed E-state index contributed by atoms with van der Waals surface area (Å²) in [6.07, 6.45) is 0. The number of hydrogen-bond acceptors (Lipinski definition) is 1. The zero-order valence-electron chi connectivity index (χ0n) is 10.2. The molecule has 0 fully saturated rings. The van der Waals surface area contributed by atoms with E-state index in [2.05, 4.69) is 0 Å². The van der Waals surface area contributed by atoms with E-state index < -0.39 is 0 Å². The largest absolute Gasteiger partial charge is 0.355 e. The van der Waals surface area contributed by atoms with Crippen molar-refractivity contribution in [3.05, 3.63) is 70.7 Å². The predicted molar refractivity (Wildman–Crippen MR) is 76.2 cm³/mol. The summed E-state index contributed by atoms with van der Waals surface area (Å²) in [5.74, 6) is 0.519. The highest BCUT2D eigenvalue weighted by Crippen LogP contribution is 2.12. The van der Waals surface area contributed by atoms with Crippen LogP contribution in [0, 0.1) is 5.41 Å². The van der Waals surface area contributed by atoms with Crippen LogP contribution in [0.4, 0.5) is 0 Å². The Morgan fingerprint density at radius 3 is 2.28 bits per heavy atom. The Labute approximate surface area is 112 Å². The lowest BCUT2D eigenvalue weighted by molar-refractivity contribution is 0.498. The molecule has 0 aliphatic rings. The molecule has 2 aromatic rings. The van der Waals surface area contributed by atoms with Crippen LogP contribution in [0.1, 0.15) is 11.1 Å². The predicted octanol–water partition coefficient (Wildman–Crippen LogP) is 3.80. The number of amidine groups is 1. The van der Waals surface area contributed by atoms with Crippen molar-refractivity contribution in [2.75, 3.05) is 7.05 Å². The molecule has 2 nitrogen and oxygen atoms in total. The SMILES string of the molecule is CN(Cc1ccc(Cl)cc1)C(=N)c1ccccc1. The maximum absolute atomic E-state index is 8.13. The summed E-state index contributed by atoms with van der Waals surface area (Å²) in [6.45, 7) is 0.699. The maximum atomic E-state index is 8.13. The van der Waals surface area contributed by atoms with Gasteiger partial charge in [0, 0.05) is 24.2 Å². The quantitative estimate of drug-likeness (QED) is 0.658. The Bertz CT molecular complexity index is 520. The van der Waals surface area contributed by atoms with Gasteiger partial charge in [0.25, 0.3) is 0 Å². The average molecular weight is 259 g/mol. The maximum Gasteiger partial charge on any atom is 0.128 e. The number of benzene rings is 2. The molecule has 2 aromatic carbocycles. The zero-order valence-corrected chi connectivity index (χ0v) is 11.0. The molecule has 0 aliphatic heterocycles. The molecule has 0 saturated carbocycles. The molecular weight excluding hydrogens is 244 g/mol. The van der Waals surface area contributed by atoms with E-state index in [1.54, 1.807) is 0 Å². The molecule has 2 rings (SSSR count). The molecule has 0 saturated heterocycles. The Kier molecular flexibility index (Phi) is 4.00. The molecule has 18 heavy (non-hydrogen) atoms. The Morgan fingerprint density at radius 1 is 1.06 bits per heavy atom. The van der Waals surface area contributed by atoms with Gasteiger partial charge >= 0.3 is 0 Å². The summed E-state index contributed by atoms with van der Waals surface area (Å²) in [4.78, 5) is 1.92. The monoisotopic (exact) mass is 258 g/mol. The third-order valence-electron chi connectivity index (χ3n) is 2.76. The van der Waals surface area contributed by atoms with Crippen molar-refractivity contribution in [2.24, 2.45) is 0 Å². The minimum Gasteiger partial charge on any atom is -0.355 e. The highest BCUT2D eigenvalue weighted by Gasteiger charge is 2.07. The minimum atomic E-state index is 0.519. The van der Waals surface area contributed by atoms with Crippen LogP contribution in [-0.2, 0) is 6.54 Å². The van der Waals surface area contributed by atoms with E-state index in [-0.39, 0.29) is 0 Å². The normalized spacial score (nSPS) is 10.1. The lowest BCUT2D eigenvalue weighted by atomic mass is 10.1. The molecule has 0 amide bonds. The van der Waals surface area contributed by atoms with Crippen molar-refractivity contribution in [1.29, 1.82) is 5.41 Å². The number of nitrogens with one attached hydrogen (secondary N) is 1. The van der Waals surface area contributed by atoms with E-state index >= 15 is 0 Å². The topological polar surface area (TPSA) is 27.1 Å². The van der Waals surface area contributed by atoms with Gasteiger partial charge in [0.1, 0.15) is 5.84 Å². The third-order valence-corrected chi connectivity index (χ3v) is 3.01. The smallest absolute Gasteiger partial charge is 0.128 e. The number of rotatable bonds is 3. The van der Waals surface area contributed by atoms with Crippen molar-refractivity contribution in [2.45, 2.75) is 6.54 Å². The van der Waals surface area contributed by atoms with E-state index in [9.17, 15) is 0 Å². The first-order valence-electron chi connectivity index (χ1n) is 5.76. The van der Waals surface area contributed by atoms with Gasteiger partial charge in [-0.05, 0) is 17.7 Å². The molecule has 0 atom stereocenters. The van der Waals surface area contributed by atoms with Gasteiger partial charge in [-0.15, -0.1) is 0 Å². The van der Waals surface area contributed by atoms with Gasteiger partial charge in [-0.3, -0.25) is 5.41 Å². The van der Waals surface area contributed by atoms with Crippen LogP contribution in [0.5, 0.6) is 0 Å². The molecule has 0 heterocycles. The molecule has 1 N–H and O–H groups in total. The third kappa shape index (κ3) is 3.11. The zero-order chi connectivity index (χ0) is 13.0. The van der Waals surface area contributed by atoms with Crippen molar-refractivity contribution in [1.82, 2.24) is 4.90 Å². The summed E-state index contributed by atoms with van der Waals surface area (Å²) in [6, 6.07) is 17.4. The molecule has 0 aliphatic carbocycles. The van der Waals surface area contributed by atoms with Crippen LogP contribution in [-0.4, -0.2) is 17.8 Å². The van der Waals surface area contributed by atoms with Crippen LogP contribution in [0.25, 0.3) is 0 Å². The van der Waals surface area contributed by atoms with E-state index in [1.807, 2.05) is 66.5 Å². The van der Waals surface area contributed by atoms with Gasteiger partial charge in [-0.2, -0.15) is 0 Å². The van der Waals surface area contributed by atoms with E-state index in [0.717, 1.165) is 16.1 Å². The Balaban J connectivity index is 2.06. The second-order valence-electron chi connectivity index (χ2n) is 4.20. The van der Waals surface area contributed by atoms with Crippen molar-refractivity contribution >= 4 is 17.4 Å². The van der Waals surface area contributed by atoms with Crippen LogP contribution in [0.2, 0.25) is 5.02 Å². The summed E-state index contributed by atoms with van der Waals surface area (Å²) in [7, 11) is 1.92. The molecule has 0 spiro atoms. The van der Waals surface area contributed by atoms with Gasteiger partial charge < -0.3 is 4.90 Å². The van der Waals surface area contributed by atoms with Crippen LogP contribution in [0.15, 0.2) is 54.6 Å². The standard InChI is InChI=1S/C15H15ClN2/c1-18(11-12-7-9-14(16)10-8-12)15(17)13-5-3-2-4-6-13/h2-10,17H,11H2,1H3. The van der Waals surface area contributed by atoms with Crippen LogP contribution in [0.3, 0.4) is 0 Å². The fourth-order valence-corrected chi connectivity index (χ4v) is 1.89. The van der Waals surface area contributed by atoms with Crippen molar-refractivity contribution in [3.63, 3.8) is 0 Å². The molecule has 0 radical (unpaired) electrons. The first-order chi connectivity index (χ1) is 8.66. The highest BCUT2D eigenvalue weighted by molar-refractivity contribution is 6.30. The van der Waals surface area contributed by atoms with Crippen LogP contribution < -0.4 is 0 Å². The Morgan fingerprint density at radius 2 is 1.67 bits per heavy atom. The molecular formula is C15H15ClN2. The summed E-state index contributed by atoms with van der Waals surface area (Å²) < 4.78 is 0. The summed E-state index contributed by atoms with van der Waals surface area (Å²) >= 11 is 5.85. The molecule has 0 unspecified atom stereocenters. The first kappa shape index (κ1) is 12.7. The van der Waals surface area contributed by atoms with Crippen molar-refractivity contribution in [3.8, 4) is 0 Å². The molecule has 0 bridgehead atoms. The number of halogens is 1. The fraction of sp³-hybridized carbons (Fsp3) is 0.133. The highest BCUT2D eigenvalue weighted by atomic mass is 35.5. The van der Waals surface area contributed by atoms with Gasteiger partial charge in [-0.1, -0.05) is 54.1 Å². The van der Waals surface area contributed by atoms with E-state index in [0.29, 0.717) is 12.4 Å². The molecule has 3 heteroatoms. The second kappa shape index (κ2) is 5.69. The van der Waals surface area contributed by atoms with Crippen LogP contribution >= 0.6 is 11.6 Å². The lowest BCUT2D eigenvalue weighted by Gasteiger charge is -2.20. The van der Waals surface area contributed by atoms with Gasteiger partial charge in [-0.25, -0.2) is 0 Å². The van der Waals surface area contributed by atoms with E-state index in [4.69, 9.17) is 17.0 Å². The summed E-state index contributed by atoms with van der Waals surface area (Å²) in [5.41, 5.74) is 2.07. The summed E-state index contributed by atoms with van der Waals surface area (Å²) in [5, 5.41) is 8.86. The second-order valence-corrected chi connectivity index (χ2v) is 4.63. The number of hydrogen-bond donors (Lipinski definition) is 1. The first-order valence-corrected chi connectivity index (χ1v) is 6.14. The molecule has 0 aromatic heterocycles. The lowest BCUT2D eigenvalue weighted by Crippen LogP contribution is -2.26. The molecule has 92 valence electrons. The van der Waals surface area contributed by atoms with E-state index in [1.165, 1.54) is 0 Å². The van der Waals surface area contributed by atoms with Gasteiger partial charge in [0.15, 0.2) is 0 Å². The minimum absolute atomic E-state index is 0.519. The average Bonchev–Trinajstić information content (AvgIpc) is 2.41. The fourth-order valence-electron chi connectivity index (χ4n) is 1.76.